The third-order valence-electron chi connectivity index (χ3n) is 3.61. The summed E-state index contributed by atoms with van der Waals surface area (Å²) in [7, 11) is 4.04. The van der Waals surface area contributed by atoms with E-state index in [-0.39, 0.29) is 11.9 Å². The van der Waals surface area contributed by atoms with Gasteiger partial charge in [-0.25, -0.2) is 4.39 Å². The molecule has 0 aliphatic carbocycles. The third kappa shape index (κ3) is 4.92. The van der Waals surface area contributed by atoms with Crippen molar-refractivity contribution < 1.29 is 4.39 Å². The van der Waals surface area contributed by atoms with Crippen molar-refractivity contribution in [2.75, 3.05) is 27.2 Å². The number of nitrogens with one attached hydrogen (secondary N) is 1. The summed E-state index contributed by atoms with van der Waals surface area (Å²) in [6, 6.07) is 7.11. The minimum atomic E-state index is -0.120. The fraction of sp³-hybridized carbons (Fsp3) is 0.625. The van der Waals surface area contributed by atoms with Gasteiger partial charge >= 0.3 is 0 Å². The number of rotatable bonds is 8. The van der Waals surface area contributed by atoms with E-state index in [1.54, 1.807) is 6.07 Å². The summed E-state index contributed by atoms with van der Waals surface area (Å²) < 4.78 is 13.9. The summed E-state index contributed by atoms with van der Waals surface area (Å²) in [5, 5.41) is 3.25. The van der Waals surface area contributed by atoms with Crippen LogP contribution in [0.4, 0.5) is 4.39 Å². The Bertz CT molecular complexity index is 368. The van der Waals surface area contributed by atoms with Gasteiger partial charge in [0.25, 0.3) is 0 Å². The van der Waals surface area contributed by atoms with Gasteiger partial charge in [-0.3, -0.25) is 0 Å². The van der Waals surface area contributed by atoms with Crippen molar-refractivity contribution in [2.45, 2.75) is 32.7 Å². The van der Waals surface area contributed by atoms with Crippen LogP contribution < -0.4 is 5.32 Å². The molecule has 2 atom stereocenters. The fourth-order valence-corrected chi connectivity index (χ4v) is 2.59. The molecule has 1 aromatic carbocycles. The predicted molar refractivity (Wildman–Crippen MR) is 79.8 cm³/mol. The first-order valence-electron chi connectivity index (χ1n) is 7.20. The first kappa shape index (κ1) is 16.1. The lowest BCUT2D eigenvalue weighted by atomic mass is 9.93. The monoisotopic (exact) mass is 266 g/mol. The number of hydrogen-bond donors (Lipinski definition) is 1. The lowest BCUT2D eigenvalue weighted by Crippen LogP contribution is -2.33. The summed E-state index contributed by atoms with van der Waals surface area (Å²) in [6.07, 6.45) is 2.43. The standard InChI is InChI=1S/C16H27FN2/c1-5-6-11-19(4)12-13(2)16(18-3)14-9-7-8-10-15(14)17/h7-10,13,16,18H,5-6,11-12H2,1-4H3. The van der Waals surface area contributed by atoms with Crippen LogP contribution in [0.1, 0.15) is 38.3 Å². The van der Waals surface area contributed by atoms with Crippen molar-refractivity contribution in [3.8, 4) is 0 Å². The normalized spacial score (nSPS) is 14.6. The Balaban J connectivity index is 2.67. The summed E-state index contributed by atoms with van der Waals surface area (Å²) >= 11 is 0. The molecule has 0 spiro atoms. The molecular formula is C16H27FN2. The van der Waals surface area contributed by atoms with E-state index in [0.29, 0.717) is 5.92 Å². The molecule has 0 bridgehead atoms. The third-order valence-corrected chi connectivity index (χ3v) is 3.61. The highest BCUT2D eigenvalue weighted by molar-refractivity contribution is 5.21. The first-order chi connectivity index (χ1) is 9.10. The smallest absolute Gasteiger partial charge is 0.127 e. The minimum Gasteiger partial charge on any atom is -0.313 e. The molecule has 0 aliphatic rings. The summed E-state index contributed by atoms with van der Waals surface area (Å²) in [5.74, 6) is 0.244. The van der Waals surface area contributed by atoms with Crippen LogP contribution in [0.15, 0.2) is 24.3 Å². The zero-order valence-electron chi connectivity index (χ0n) is 12.6. The average Bonchev–Trinajstić information content (AvgIpc) is 2.39. The Morgan fingerprint density at radius 2 is 2.00 bits per heavy atom. The summed E-state index contributed by atoms with van der Waals surface area (Å²) in [4.78, 5) is 2.33. The maximum absolute atomic E-state index is 13.9. The van der Waals surface area contributed by atoms with Crippen LogP contribution in [-0.2, 0) is 0 Å². The second kappa shape index (κ2) is 8.28. The van der Waals surface area contributed by atoms with Crippen LogP contribution in [0, 0.1) is 11.7 Å². The quantitative estimate of drug-likeness (QED) is 0.775. The second-order valence-electron chi connectivity index (χ2n) is 5.38. The van der Waals surface area contributed by atoms with Gasteiger partial charge in [0.05, 0.1) is 0 Å². The molecule has 0 fully saturated rings. The fourth-order valence-electron chi connectivity index (χ4n) is 2.59. The van der Waals surface area contributed by atoms with Crippen molar-refractivity contribution in [2.24, 2.45) is 5.92 Å². The van der Waals surface area contributed by atoms with Crippen molar-refractivity contribution in [1.29, 1.82) is 0 Å². The number of benzene rings is 1. The molecule has 0 aromatic heterocycles. The highest BCUT2D eigenvalue weighted by Crippen LogP contribution is 2.24. The van der Waals surface area contributed by atoms with E-state index in [4.69, 9.17) is 0 Å². The molecule has 2 unspecified atom stereocenters. The highest BCUT2D eigenvalue weighted by atomic mass is 19.1. The molecule has 3 heteroatoms. The number of hydrogen-bond acceptors (Lipinski definition) is 2. The van der Waals surface area contributed by atoms with E-state index in [0.717, 1.165) is 18.7 Å². The van der Waals surface area contributed by atoms with Gasteiger partial charge in [-0.15, -0.1) is 0 Å². The molecule has 1 rings (SSSR count). The van der Waals surface area contributed by atoms with Crippen LogP contribution in [0.3, 0.4) is 0 Å². The van der Waals surface area contributed by atoms with Gasteiger partial charge in [-0.05, 0) is 39.0 Å². The van der Waals surface area contributed by atoms with Gasteiger partial charge in [-0.2, -0.15) is 0 Å². The number of nitrogens with zero attached hydrogens (tertiary/aromatic N) is 1. The molecule has 0 heterocycles. The number of halogens is 1. The zero-order chi connectivity index (χ0) is 14.3. The van der Waals surface area contributed by atoms with E-state index in [1.165, 1.54) is 18.9 Å². The van der Waals surface area contributed by atoms with Crippen molar-refractivity contribution in [3.63, 3.8) is 0 Å². The molecule has 0 radical (unpaired) electrons. The van der Waals surface area contributed by atoms with Crippen LogP contribution in [0.5, 0.6) is 0 Å². The second-order valence-corrected chi connectivity index (χ2v) is 5.38. The predicted octanol–water partition coefficient (Wildman–Crippen LogP) is 3.45. The largest absolute Gasteiger partial charge is 0.313 e. The molecule has 1 aromatic rings. The topological polar surface area (TPSA) is 15.3 Å². The molecule has 19 heavy (non-hydrogen) atoms. The number of unbranched alkanes of at least 4 members (excludes halogenated alkanes) is 1. The molecule has 0 saturated heterocycles. The first-order valence-corrected chi connectivity index (χ1v) is 7.20. The molecular weight excluding hydrogens is 239 g/mol. The zero-order valence-corrected chi connectivity index (χ0v) is 12.6. The minimum absolute atomic E-state index is 0.0604. The van der Waals surface area contributed by atoms with Crippen LogP contribution in [0.2, 0.25) is 0 Å². The van der Waals surface area contributed by atoms with Crippen molar-refractivity contribution in [1.82, 2.24) is 10.2 Å². The average molecular weight is 266 g/mol. The van der Waals surface area contributed by atoms with E-state index in [2.05, 4.69) is 31.1 Å². The Hall–Kier alpha value is -0.930. The SMILES string of the molecule is CCCCN(C)CC(C)C(NC)c1ccccc1F. The van der Waals surface area contributed by atoms with E-state index >= 15 is 0 Å². The Morgan fingerprint density at radius 3 is 2.58 bits per heavy atom. The van der Waals surface area contributed by atoms with Crippen molar-refractivity contribution >= 4 is 0 Å². The van der Waals surface area contributed by atoms with Gasteiger partial charge in [0, 0.05) is 18.2 Å². The van der Waals surface area contributed by atoms with E-state index in [1.807, 2.05) is 19.2 Å². The molecule has 108 valence electrons. The van der Waals surface area contributed by atoms with Crippen LogP contribution >= 0.6 is 0 Å². The van der Waals surface area contributed by atoms with Gasteiger partial charge in [-0.1, -0.05) is 38.5 Å². The maximum Gasteiger partial charge on any atom is 0.127 e. The lowest BCUT2D eigenvalue weighted by Gasteiger charge is -2.28. The summed E-state index contributed by atoms with van der Waals surface area (Å²) in [5.41, 5.74) is 0.765. The molecule has 0 amide bonds. The van der Waals surface area contributed by atoms with Crippen LogP contribution in [-0.4, -0.2) is 32.1 Å². The van der Waals surface area contributed by atoms with Crippen molar-refractivity contribution in [3.05, 3.63) is 35.6 Å². The van der Waals surface area contributed by atoms with E-state index in [9.17, 15) is 4.39 Å². The molecule has 1 N–H and O–H groups in total. The van der Waals surface area contributed by atoms with E-state index < -0.39 is 0 Å². The molecule has 0 aliphatic heterocycles. The van der Waals surface area contributed by atoms with Gasteiger partial charge in [0.2, 0.25) is 0 Å². The van der Waals surface area contributed by atoms with Gasteiger partial charge < -0.3 is 10.2 Å². The molecule has 0 saturated carbocycles. The molecule has 2 nitrogen and oxygen atoms in total. The Morgan fingerprint density at radius 1 is 1.32 bits per heavy atom. The van der Waals surface area contributed by atoms with Gasteiger partial charge in [0.15, 0.2) is 0 Å². The lowest BCUT2D eigenvalue weighted by molar-refractivity contribution is 0.246. The Labute approximate surface area is 117 Å². The van der Waals surface area contributed by atoms with Crippen LogP contribution in [0.25, 0.3) is 0 Å². The highest BCUT2D eigenvalue weighted by Gasteiger charge is 2.21. The maximum atomic E-state index is 13.9. The summed E-state index contributed by atoms with van der Waals surface area (Å²) in [6.45, 7) is 6.46. The van der Waals surface area contributed by atoms with Gasteiger partial charge in [0.1, 0.15) is 5.82 Å². The Kier molecular flexibility index (Phi) is 7.03.